The molecule has 1 aliphatic rings. The first kappa shape index (κ1) is 43.0. The number of carbonyl (C=O) groups excluding carboxylic acids is 5. The minimum atomic E-state index is -1.31. The number of hydrogen-bond acceptors (Lipinski definition) is 12. The normalized spacial score (nSPS) is 14.4. The number of para-hydroxylation sites is 3. The molecule has 5 amide bonds. The van der Waals surface area contributed by atoms with Crippen molar-refractivity contribution in [1.29, 1.82) is 0 Å². The first-order valence-corrected chi connectivity index (χ1v) is 18.3. The molecule has 3 aromatic rings. The SMILES string of the molecule is N[C@@H](CCCCNC(=O)CNC(=O)c1cccc(O)c1O)C(=O)N[C@@H](CCCCNC(=O)c1cccc(O)c1O)C(=O)N[C@H](C[C@@H]1C=Nc2ccccc21)C(=O)O. The van der Waals surface area contributed by atoms with Crippen LogP contribution in [0.15, 0.2) is 65.7 Å². The second kappa shape index (κ2) is 20.8. The fourth-order valence-electron chi connectivity index (χ4n) is 6.02. The number of nitrogens with two attached hydrogens (primary N) is 1. The van der Waals surface area contributed by atoms with Crippen molar-refractivity contribution < 1.29 is 54.3 Å². The van der Waals surface area contributed by atoms with E-state index in [-0.39, 0.29) is 49.4 Å². The molecule has 0 unspecified atom stereocenters. The van der Waals surface area contributed by atoms with Crippen LogP contribution in [0.4, 0.5) is 5.69 Å². The molecule has 0 fully saturated rings. The van der Waals surface area contributed by atoms with Crippen LogP contribution in [0.1, 0.15) is 77.1 Å². The molecule has 4 rings (SSSR count). The standard InChI is InChI=1S/C39H47N7O11/c40-26(12-3-5-17-41-32(49)21-44-36(53)25-11-8-16-31(48)34(25)51)37(54)45-28(14-4-6-18-42-35(52)24-10-7-15-30(47)33(24)50)38(55)46-29(39(56)57)19-22-20-43-27-13-2-1-9-23(22)27/h1-2,7-11,13,15-16,20,22,26,28-29,47-48,50-51H,3-6,12,14,17-19,21,40H2,(H,41,49)(H,42,52)(H,44,53)(H,45,54)(H,46,55)(H,56,57)/t22-,26+,28+,29-/m1/s1. The van der Waals surface area contributed by atoms with Crippen LogP contribution in [0.5, 0.6) is 23.0 Å². The lowest BCUT2D eigenvalue weighted by molar-refractivity contribution is -0.142. The Morgan fingerprint density at radius 3 is 1.89 bits per heavy atom. The van der Waals surface area contributed by atoms with E-state index in [1.165, 1.54) is 36.4 Å². The fraction of sp³-hybridized carbons (Fsp3) is 0.359. The zero-order valence-corrected chi connectivity index (χ0v) is 30.9. The third-order valence-electron chi connectivity index (χ3n) is 9.20. The molecule has 12 N–H and O–H groups in total. The van der Waals surface area contributed by atoms with Crippen molar-refractivity contribution in [3.63, 3.8) is 0 Å². The highest BCUT2D eigenvalue weighted by Gasteiger charge is 2.31. The van der Waals surface area contributed by atoms with Crippen LogP contribution in [0.2, 0.25) is 0 Å². The molecule has 18 heteroatoms. The highest BCUT2D eigenvalue weighted by Crippen LogP contribution is 2.34. The van der Waals surface area contributed by atoms with E-state index in [1.54, 1.807) is 12.3 Å². The summed E-state index contributed by atoms with van der Waals surface area (Å²) in [7, 11) is 0. The van der Waals surface area contributed by atoms with Crippen molar-refractivity contribution >= 4 is 47.4 Å². The van der Waals surface area contributed by atoms with Crippen molar-refractivity contribution in [2.75, 3.05) is 19.6 Å². The smallest absolute Gasteiger partial charge is 0.326 e. The van der Waals surface area contributed by atoms with Crippen molar-refractivity contribution in [3.8, 4) is 23.0 Å². The Kier molecular flexibility index (Phi) is 15.7. The van der Waals surface area contributed by atoms with Gasteiger partial charge in [-0.15, -0.1) is 0 Å². The molecular formula is C39H47N7O11. The van der Waals surface area contributed by atoms with E-state index in [4.69, 9.17) is 5.73 Å². The van der Waals surface area contributed by atoms with Crippen LogP contribution in [-0.2, 0) is 19.2 Å². The molecule has 0 saturated heterocycles. The maximum atomic E-state index is 13.6. The number of unbranched alkanes of at least 4 members (excludes halogenated alkanes) is 2. The molecule has 1 aliphatic heterocycles. The average Bonchev–Trinajstić information content (AvgIpc) is 3.60. The zero-order valence-electron chi connectivity index (χ0n) is 30.9. The summed E-state index contributed by atoms with van der Waals surface area (Å²) in [5.41, 5.74) is 7.37. The van der Waals surface area contributed by atoms with Gasteiger partial charge in [0.1, 0.15) is 12.1 Å². The second-order valence-corrected chi connectivity index (χ2v) is 13.4. The van der Waals surface area contributed by atoms with Gasteiger partial charge in [0.05, 0.1) is 29.4 Å². The fourth-order valence-corrected chi connectivity index (χ4v) is 6.02. The maximum Gasteiger partial charge on any atom is 0.326 e. The summed E-state index contributed by atoms with van der Waals surface area (Å²) in [6, 6.07) is 11.5. The Morgan fingerprint density at radius 1 is 0.667 bits per heavy atom. The van der Waals surface area contributed by atoms with Crippen LogP contribution in [-0.4, -0.2) is 105 Å². The number of phenols is 4. The van der Waals surface area contributed by atoms with Gasteiger partial charge in [-0.05, 0) is 80.8 Å². The first-order valence-electron chi connectivity index (χ1n) is 18.3. The van der Waals surface area contributed by atoms with Crippen LogP contribution < -0.4 is 32.3 Å². The lowest BCUT2D eigenvalue weighted by atomic mass is 9.93. The second-order valence-electron chi connectivity index (χ2n) is 13.4. The number of aromatic hydroxyl groups is 4. The Hall–Kier alpha value is -6.69. The maximum absolute atomic E-state index is 13.6. The molecular weight excluding hydrogens is 742 g/mol. The number of fused-ring (bicyclic) bond motifs is 1. The minimum Gasteiger partial charge on any atom is -0.504 e. The summed E-state index contributed by atoms with van der Waals surface area (Å²) in [4.78, 5) is 80.3. The molecule has 1 heterocycles. The number of nitrogens with zero attached hydrogens (tertiary/aromatic N) is 1. The molecule has 0 spiro atoms. The molecule has 0 aliphatic carbocycles. The number of aliphatic imine (C=N–C) groups is 1. The third kappa shape index (κ3) is 12.4. The van der Waals surface area contributed by atoms with E-state index in [0.29, 0.717) is 31.4 Å². The predicted molar refractivity (Wildman–Crippen MR) is 206 cm³/mol. The number of carboxylic acids is 1. The number of benzene rings is 3. The largest absolute Gasteiger partial charge is 0.504 e. The van der Waals surface area contributed by atoms with E-state index < -0.39 is 83.2 Å². The Morgan fingerprint density at radius 2 is 1.25 bits per heavy atom. The summed E-state index contributed by atoms with van der Waals surface area (Å²) >= 11 is 0. The number of hydrogen-bond donors (Lipinski definition) is 11. The van der Waals surface area contributed by atoms with Crippen molar-refractivity contribution in [3.05, 3.63) is 77.4 Å². The van der Waals surface area contributed by atoms with E-state index in [2.05, 4.69) is 31.6 Å². The van der Waals surface area contributed by atoms with Crippen molar-refractivity contribution in [2.45, 2.75) is 69.0 Å². The van der Waals surface area contributed by atoms with Gasteiger partial charge in [-0.3, -0.25) is 29.0 Å². The van der Waals surface area contributed by atoms with Crippen LogP contribution >= 0.6 is 0 Å². The van der Waals surface area contributed by atoms with Crippen LogP contribution in [0.3, 0.4) is 0 Å². The van der Waals surface area contributed by atoms with Crippen molar-refractivity contribution in [2.24, 2.45) is 10.7 Å². The quantitative estimate of drug-likeness (QED) is 0.0539. The number of amides is 5. The zero-order chi connectivity index (χ0) is 41.5. The monoisotopic (exact) mass is 789 g/mol. The lowest BCUT2D eigenvalue weighted by Crippen LogP contribution is -2.54. The van der Waals surface area contributed by atoms with Gasteiger partial charge in [-0.25, -0.2) is 4.79 Å². The van der Waals surface area contributed by atoms with Gasteiger partial charge in [0, 0.05) is 25.2 Å². The number of carboxylic acid groups (broad SMARTS) is 1. The van der Waals surface area contributed by atoms with Gasteiger partial charge in [0.15, 0.2) is 23.0 Å². The molecule has 0 aromatic heterocycles. The third-order valence-corrected chi connectivity index (χ3v) is 9.20. The molecule has 18 nitrogen and oxygen atoms in total. The van der Waals surface area contributed by atoms with Gasteiger partial charge >= 0.3 is 5.97 Å². The average molecular weight is 790 g/mol. The highest BCUT2D eigenvalue weighted by atomic mass is 16.4. The molecule has 0 radical (unpaired) electrons. The molecule has 3 aromatic carbocycles. The molecule has 0 saturated carbocycles. The van der Waals surface area contributed by atoms with Crippen LogP contribution in [0, 0.1) is 0 Å². The van der Waals surface area contributed by atoms with Gasteiger partial charge in [-0.1, -0.05) is 30.3 Å². The summed E-state index contributed by atoms with van der Waals surface area (Å²) < 4.78 is 0. The Bertz CT molecular complexity index is 1970. The lowest BCUT2D eigenvalue weighted by Gasteiger charge is -2.24. The Labute approximate surface area is 327 Å². The predicted octanol–water partition coefficient (Wildman–Crippen LogP) is 1.40. The highest BCUT2D eigenvalue weighted by molar-refractivity contribution is 5.99. The summed E-state index contributed by atoms with van der Waals surface area (Å²) in [5.74, 6) is -7.03. The van der Waals surface area contributed by atoms with E-state index >= 15 is 0 Å². The summed E-state index contributed by atoms with van der Waals surface area (Å²) in [6.07, 6.45) is 3.33. The number of rotatable bonds is 21. The van der Waals surface area contributed by atoms with Gasteiger partial charge in [-0.2, -0.15) is 0 Å². The number of nitrogens with one attached hydrogen (secondary N) is 5. The van der Waals surface area contributed by atoms with E-state index in [1.807, 2.05) is 18.2 Å². The minimum absolute atomic E-state index is 0.0137. The topological polar surface area (TPSA) is 302 Å². The molecule has 0 bridgehead atoms. The van der Waals surface area contributed by atoms with Gasteiger partial charge in [0.25, 0.3) is 11.8 Å². The number of phenolic OH excluding ortho intramolecular Hbond substituents is 4. The number of carbonyl (C=O) groups is 6. The van der Waals surface area contributed by atoms with Crippen LogP contribution in [0.25, 0.3) is 0 Å². The molecule has 4 atom stereocenters. The number of aliphatic carboxylic acids is 1. The van der Waals surface area contributed by atoms with E-state index in [9.17, 15) is 54.3 Å². The van der Waals surface area contributed by atoms with Gasteiger partial charge in [0.2, 0.25) is 17.7 Å². The summed E-state index contributed by atoms with van der Waals surface area (Å²) in [6.45, 7) is -0.0745. The first-order chi connectivity index (χ1) is 27.3. The van der Waals surface area contributed by atoms with E-state index in [0.717, 1.165) is 5.56 Å². The Balaban J connectivity index is 1.27. The summed E-state index contributed by atoms with van der Waals surface area (Å²) in [5, 5.41) is 61.8. The van der Waals surface area contributed by atoms with Crippen molar-refractivity contribution in [1.82, 2.24) is 26.6 Å². The molecule has 304 valence electrons. The molecule has 57 heavy (non-hydrogen) atoms. The van der Waals surface area contributed by atoms with Gasteiger partial charge < -0.3 is 57.9 Å².